The first-order valence-electron chi connectivity index (χ1n) is 4.05. The van der Waals surface area contributed by atoms with E-state index in [1.165, 1.54) is 0 Å². The van der Waals surface area contributed by atoms with Crippen LogP contribution in [0.5, 0.6) is 5.75 Å². The van der Waals surface area contributed by atoms with E-state index in [0.29, 0.717) is 6.61 Å². The Hall–Kier alpha value is -0.127. The Balaban J connectivity index is 3.01. The molecule has 0 unspecified atom stereocenters. The Morgan fingerprint density at radius 2 is 2.14 bits per heavy atom. The summed E-state index contributed by atoms with van der Waals surface area (Å²) in [5.74, 6) is 0.839. The third kappa shape index (κ3) is 3.94. The Morgan fingerprint density at radius 1 is 1.43 bits per heavy atom. The van der Waals surface area contributed by atoms with Crippen LogP contribution in [0.1, 0.15) is 12.5 Å². The first-order chi connectivity index (χ1) is 6.74. The van der Waals surface area contributed by atoms with Crippen LogP contribution >= 0.6 is 19.4 Å². The average Bonchev–Trinajstić information content (AvgIpc) is 2.17. The van der Waals surface area contributed by atoms with Gasteiger partial charge in [-0.25, -0.2) is 0 Å². The molecular weight excluding hydrogens is 308 g/mol. The molecule has 0 aromatic heterocycles. The van der Waals surface area contributed by atoms with Gasteiger partial charge in [0.15, 0.2) is 0 Å². The van der Waals surface area contributed by atoms with Gasteiger partial charge in [0.2, 0.25) is 0 Å². The molecule has 0 aliphatic rings. The van der Waals surface area contributed by atoms with E-state index in [0.717, 1.165) is 11.3 Å². The third-order valence-corrected chi connectivity index (χ3v) is 3.05. The van der Waals surface area contributed by atoms with E-state index < -0.39 is 13.5 Å². The zero-order valence-electron chi connectivity index (χ0n) is 7.61. The van der Waals surface area contributed by atoms with Crippen LogP contribution < -0.4 is 4.74 Å². The van der Waals surface area contributed by atoms with Crippen molar-refractivity contribution in [2.45, 2.75) is 6.92 Å². The zero-order chi connectivity index (χ0) is 10.4. The molecule has 0 N–H and O–H groups in total. The molecule has 14 heavy (non-hydrogen) atoms. The van der Waals surface area contributed by atoms with Gasteiger partial charge in [0.05, 0.1) is 0 Å². The van der Waals surface area contributed by atoms with Gasteiger partial charge in [-0.05, 0) is 0 Å². The maximum atomic E-state index is 5.68. The van der Waals surface area contributed by atoms with Crippen molar-refractivity contribution in [3.63, 3.8) is 0 Å². The van der Waals surface area contributed by atoms with Crippen molar-refractivity contribution < 1.29 is 18.3 Å². The van der Waals surface area contributed by atoms with Gasteiger partial charge in [0.1, 0.15) is 0 Å². The molecule has 0 aliphatic heterocycles. The molecule has 4 heteroatoms. The van der Waals surface area contributed by atoms with E-state index in [9.17, 15) is 0 Å². The van der Waals surface area contributed by atoms with E-state index in [-0.39, 0.29) is 0 Å². The number of para-hydroxylation sites is 1. The SMILES string of the molecule is CCOc1ccccc1C=[C]=[Ru]([Cl])[Cl]. The van der Waals surface area contributed by atoms with Crippen LogP contribution in [0.25, 0.3) is 6.08 Å². The van der Waals surface area contributed by atoms with Gasteiger partial charge in [-0.15, -0.1) is 0 Å². The molecule has 0 heterocycles. The van der Waals surface area contributed by atoms with Crippen molar-refractivity contribution in [1.82, 2.24) is 0 Å². The molecule has 1 aromatic rings. The summed E-state index contributed by atoms with van der Waals surface area (Å²) in [5, 5.41) is 0. The van der Waals surface area contributed by atoms with E-state index >= 15 is 0 Å². The molecule has 0 amide bonds. The molecule has 78 valence electrons. The number of halogens is 2. The summed E-state index contributed by atoms with van der Waals surface area (Å²) in [5.41, 5.74) is 0.967. The Bertz CT molecular complexity index is 366. The fourth-order valence-electron chi connectivity index (χ4n) is 0.980. The van der Waals surface area contributed by atoms with Gasteiger partial charge in [-0.3, -0.25) is 0 Å². The molecule has 0 bridgehead atoms. The second-order valence-electron chi connectivity index (χ2n) is 2.40. The molecule has 1 aromatic carbocycles. The summed E-state index contributed by atoms with van der Waals surface area (Å²) < 4.78 is 8.36. The Labute approximate surface area is 96.8 Å². The number of ether oxygens (including phenoxy) is 1. The Morgan fingerprint density at radius 3 is 2.79 bits per heavy atom. The molecule has 0 spiro atoms. The van der Waals surface area contributed by atoms with Crippen molar-refractivity contribution in [3.8, 4) is 5.75 Å². The second kappa shape index (κ2) is 6.37. The van der Waals surface area contributed by atoms with E-state index in [2.05, 4.69) is 4.26 Å². The second-order valence-corrected chi connectivity index (χ2v) is 7.78. The van der Waals surface area contributed by atoms with Gasteiger partial charge in [-0.1, -0.05) is 0 Å². The van der Waals surface area contributed by atoms with Crippen LogP contribution in [0.15, 0.2) is 24.3 Å². The van der Waals surface area contributed by atoms with Crippen molar-refractivity contribution in [2.24, 2.45) is 0 Å². The standard InChI is InChI=1S/C10H10O.2ClH.Ru/c1-3-9-7-5-6-8-10(9)11-4-2;;;/h3,5-8H,4H2,2H3;2*1H;/q;;;+2/p-2. The molecule has 1 rings (SSSR count). The topological polar surface area (TPSA) is 9.23 Å². The quantitative estimate of drug-likeness (QED) is 0.776. The van der Waals surface area contributed by atoms with Crippen LogP contribution in [0.4, 0.5) is 0 Å². The first-order valence-corrected chi connectivity index (χ1v) is 9.39. The van der Waals surface area contributed by atoms with Gasteiger partial charge >= 0.3 is 97.1 Å². The third-order valence-electron chi connectivity index (χ3n) is 1.50. The first kappa shape index (κ1) is 11.9. The molecule has 0 saturated carbocycles. The summed E-state index contributed by atoms with van der Waals surface area (Å²) in [6.07, 6.45) is 1.80. The van der Waals surface area contributed by atoms with Crippen molar-refractivity contribution in [1.29, 1.82) is 0 Å². The van der Waals surface area contributed by atoms with Crippen LogP contribution in [0.2, 0.25) is 0 Å². The number of hydrogen-bond acceptors (Lipinski definition) is 1. The normalized spacial score (nSPS) is 10.4. The summed E-state index contributed by atoms with van der Waals surface area (Å²) in [6.45, 7) is 2.60. The fraction of sp³-hybridized carbons (Fsp3) is 0.200. The molecule has 0 atom stereocenters. The summed E-state index contributed by atoms with van der Waals surface area (Å²) >= 11 is -1.84. The van der Waals surface area contributed by atoms with Crippen LogP contribution in [0, 0.1) is 0 Å². The average molecular weight is 318 g/mol. The van der Waals surface area contributed by atoms with Gasteiger partial charge in [0, 0.05) is 0 Å². The monoisotopic (exact) mass is 318 g/mol. The van der Waals surface area contributed by atoms with Gasteiger partial charge < -0.3 is 0 Å². The minimum atomic E-state index is -1.84. The van der Waals surface area contributed by atoms with Crippen LogP contribution in [-0.2, 0) is 13.5 Å². The maximum absolute atomic E-state index is 5.68. The number of benzene rings is 1. The molecule has 0 fully saturated rings. The molecule has 0 aliphatic carbocycles. The molecule has 1 nitrogen and oxygen atoms in total. The molecule has 0 radical (unpaired) electrons. The molecule has 0 saturated heterocycles. The Kier molecular flexibility index (Phi) is 5.44. The zero-order valence-corrected chi connectivity index (χ0v) is 10.9. The number of hydrogen-bond donors (Lipinski definition) is 0. The number of rotatable bonds is 3. The minimum absolute atomic E-state index is 0.647. The van der Waals surface area contributed by atoms with E-state index in [1.54, 1.807) is 6.08 Å². The van der Waals surface area contributed by atoms with Crippen molar-refractivity contribution in [2.75, 3.05) is 6.61 Å². The molecular formula is C10H10Cl2ORu. The van der Waals surface area contributed by atoms with Gasteiger partial charge in [-0.2, -0.15) is 0 Å². The van der Waals surface area contributed by atoms with Crippen LogP contribution in [-0.4, -0.2) is 10.9 Å². The van der Waals surface area contributed by atoms with E-state index in [4.69, 9.17) is 24.1 Å². The summed E-state index contributed by atoms with van der Waals surface area (Å²) in [7, 11) is 11.4. The van der Waals surface area contributed by atoms with Crippen LogP contribution in [0.3, 0.4) is 0 Å². The van der Waals surface area contributed by atoms with Gasteiger partial charge in [0.25, 0.3) is 0 Å². The predicted molar refractivity (Wildman–Crippen MR) is 58.8 cm³/mol. The summed E-state index contributed by atoms with van der Waals surface area (Å²) in [6, 6.07) is 7.73. The summed E-state index contributed by atoms with van der Waals surface area (Å²) in [4.78, 5) is 0. The van der Waals surface area contributed by atoms with Crippen molar-refractivity contribution in [3.05, 3.63) is 29.8 Å². The van der Waals surface area contributed by atoms with Crippen molar-refractivity contribution >= 4 is 29.7 Å². The fourth-order valence-corrected chi connectivity index (χ4v) is 1.90. The predicted octanol–water partition coefficient (Wildman–Crippen LogP) is 3.43. The van der Waals surface area contributed by atoms with E-state index in [1.807, 2.05) is 31.2 Å².